The molecule has 18 heavy (non-hydrogen) atoms. The van der Waals surface area contributed by atoms with Crippen molar-refractivity contribution in [1.29, 1.82) is 0 Å². The first-order valence-electron chi connectivity index (χ1n) is 6.56. The molecule has 4 heteroatoms. The van der Waals surface area contributed by atoms with Crippen LogP contribution in [0, 0.1) is 5.82 Å². The highest BCUT2D eigenvalue weighted by Gasteiger charge is 2.17. The maximum absolute atomic E-state index is 13.0. The Morgan fingerprint density at radius 2 is 2.28 bits per heavy atom. The van der Waals surface area contributed by atoms with Crippen molar-refractivity contribution in [3.05, 3.63) is 29.0 Å². The number of benzene rings is 1. The molecule has 2 nitrogen and oxygen atoms in total. The highest BCUT2D eigenvalue weighted by Crippen LogP contribution is 2.21. The fraction of sp³-hybridized carbons (Fsp3) is 0.571. The number of nitrogens with one attached hydrogen (secondary N) is 1. The highest BCUT2D eigenvalue weighted by molar-refractivity contribution is 6.31. The van der Waals surface area contributed by atoms with Gasteiger partial charge in [0.05, 0.1) is 5.02 Å². The van der Waals surface area contributed by atoms with Crippen LogP contribution in [0.1, 0.15) is 25.7 Å². The van der Waals surface area contributed by atoms with E-state index in [1.54, 1.807) is 12.1 Å². The normalized spacial score (nSPS) is 20.9. The summed E-state index contributed by atoms with van der Waals surface area (Å²) in [4.78, 5) is 2.43. The van der Waals surface area contributed by atoms with Crippen LogP contribution in [0.2, 0.25) is 5.02 Å². The Bertz CT molecular complexity index is 397. The molecule has 0 saturated carbocycles. The molecule has 0 spiro atoms. The van der Waals surface area contributed by atoms with Gasteiger partial charge in [-0.25, -0.2) is 4.39 Å². The summed E-state index contributed by atoms with van der Waals surface area (Å²) in [5, 5.41) is 3.48. The summed E-state index contributed by atoms with van der Waals surface area (Å²) in [6, 6.07) is 5.44. The zero-order valence-corrected chi connectivity index (χ0v) is 11.5. The molecule has 1 atom stereocenters. The molecule has 0 aliphatic carbocycles. The molecule has 1 heterocycles. The first kappa shape index (κ1) is 13.6. The summed E-state index contributed by atoms with van der Waals surface area (Å²) >= 11 is 5.74. The lowest BCUT2D eigenvalue weighted by Crippen LogP contribution is -2.37. The molecule has 1 aliphatic rings. The Hall–Kier alpha value is -0.800. The van der Waals surface area contributed by atoms with Crippen molar-refractivity contribution >= 4 is 17.3 Å². The van der Waals surface area contributed by atoms with Gasteiger partial charge in [0.2, 0.25) is 0 Å². The lowest BCUT2D eigenvalue weighted by molar-refractivity contribution is 0.179. The first-order valence-corrected chi connectivity index (χ1v) is 6.94. The van der Waals surface area contributed by atoms with E-state index < -0.39 is 0 Å². The van der Waals surface area contributed by atoms with E-state index >= 15 is 0 Å². The van der Waals surface area contributed by atoms with Gasteiger partial charge in [-0.15, -0.1) is 0 Å². The zero-order valence-electron chi connectivity index (χ0n) is 10.8. The van der Waals surface area contributed by atoms with Gasteiger partial charge in [0.25, 0.3) is 0 Å². The quantitative estimate of drug-likeness (QED) is 0.896. The van der Waals surface area contributed by atoms with Gasteiger partial charge < -0.3 is 10.2 Å². The van der Waals surface area contributed by atoms with Crippen molar-refractivity contribution in [2.75, 3.05) is 25.5 Å². The van der Waals surface area contributed by atoms with Crippen LogP contribution in [0.3, 0.4) is 0 Å². The van der Waals surface area contributed by atoms with Crippen molar-refractivity contribution < 1.29 is 4.39 Å². The van der Waals surface area contributed by atoms with Gasteiger partial charge in [0.1, 0.15) is 5.82 Å². The van der Waals surface area contributed by atoms with Crippen LogP contribution in [0.25, 0.3) is 0 Å². The predicted octanol–water partition coefficient (Wildman–Crippen LogP) is 3.77. The molecule has 1 fully saturated rings. The lowest BCUT2D eigenvalue weighted by Gasteiger charge is -2.32. The van der Waals surface area contributed by atoms with E-state index in [2.05, 4.69) is 17.3 Å². The molecule has 1 saturated heterocycles. The number of likely N-dealkylation sites (tertiary alicyclic amines) is 1. The molecule has 1 aromatic carbocycles. The minimum absolute atomic E-state index is 0.176. The molecule has 0 aromatic heterocycles. The summed E-state index contributed by atoms with van der Waals surface area (Å²) in [7, 11) is 2.19. The Morgan fingerprint density at radius 3 is 3.00 bits per heavy atom. The van der Waals surface area contributed by atoms with Gasteiger partial charge in [-0.1, -0.05) is 18.0 Å². The highest BCUT2D eigenvalue weighted by atomic mass is 35.5. The number of rotatable bonds is 4. The summed E-state index contributed by atoms with van der Waals surface area (Å²) in [6.45, 7) is 2.10. The molecule has 1 unspecified atom stereocenters. The molecule has 0 radical (unpaired) electrons. The number of hydrogen-bond acceptors (Lipinski definition) is 2. The van der Waals surface area contributed by atoms with Gasteiger partial charge in [-0.3, -0.25) is 0 Å². The van der Waals surface area contributed by atoms with Gasteiger partial charge in [0.15, 0.2) is 0 Å². The monoisotopic (exact) mass is 270 g/mol. The largest absolute Gasteiger partial charge is 0.385 e. The third-order valence-electron chi connectivity index (χ3n) is 3.65. The van der Waals surface area contributed by atoms with Crippen LogP contribution in [-0.2, 0) is 0 Å². The van der Waals surface area contributed by atoms with Crippen LogP contribution in [0.15, 0.2) is 18.2 Å². The second-order valence-corrected chi connectivity index (χ2v) is 5.38. The average molecular weight is 271 g/mol. The predicted molar refractivity (Wildman–Crippen MR) is 74.8 cm³/mol. The van der Waals surface area contributed by atoms with Gasteiger partial charge in [0, 0.05) is 18.3 Å². The fourth-order valence-corrected chi connectivity index (χ4v) is 2.68. The van der Waals surface area contributed by atoms with E-state index in [9.17, 15) is 4.39 Å². The molecule has 2 rings (SSSR count). The van der Waals surface area contributed by atoms with Crippen LogP contribution in [0.5, 0.6) is 0 Å². The number of piperidine rings is 1. The molecule has 0 bridgehead atoms. The molecular formula is C14H20ClFN2. The second-order valence-electron chi connectivity index (χ2n) is 4.97. The van der Waals surface area contributed by atoms with Gasteiger partial charge >= 0.3 is 0 Å². The third-order valence-corrected chi connectivity index (χ3v) is 3.94. The Kier molecular flexibility index (Phi) is 4.84. The Morgan fingerprint density at radius 1 is 1.44 bits per heavy atom. The van der Waals surface area contributed by atoms with Crippen molar-refractivity contribution in [2.24, 2.45) is 0 Å². The minimum Gasteiger partial charge on any atom is -0.385 e. The zero-order chi connectivity index (χ0) is 13.0. The van der Waals surface area contributed by atoms with Crippen LogP contribution >= 0.6 is 11.6 Å². The number of halogens is 2. The molecular weight excluding hydrogens is 251 g/mol. The molecule has 1 N–H and O–H groups in total. The molecule has 1 aliphatic heterocycles. The SMILES string of the molecule is CN1CCCCC1CCNc1ccc(F)c(Cl)c1. The van der Waals surface area contributed by atoms with E-state index in [0.717, 1.165) is 18.7 Å². The number of hydrogen-bond donors (Lipinski definition) is 1. The maximum atomic E-state index is 13.0. The standard InChI is InChI=1S/C14H20ClFN2/c1-18-9-3-2-4-12(18)7-8-17-11-5-6-14(16)13(15)10-11/h5-6,10,12,17H,2-4,7-9H2,1H3. The van der Waals surface area contributed by atoms with Crippen molar-refractivity contribution in [3.63, 3.8) is 0 Å². The van der Waals surface area contributed by atoms with Crippen LogP contribution < -0.4 is 5.32 Å². The maximum Gasteiger partial charge on any atom is 0.141 e. The topological polar surface area (TPSA) is 15.3 Å². The third kappa shape index (κ3) is 3.59. The van der Waals surface area contributed by atoms with E-state index in [1.165, 1.54) is 31.9 Å². The fourth-order valence-electron chi connectivity index (χ4n) is 2.50. The van der Waals surface area contributed by atoms with E-state index in [-0.39, 0.29) is 10.8 Å². The average Bonchev–Trinajstić information content (AvgIpc) is 2.36. The van der Waals surface area contributed by atoms with Crippen molar-refractivity contribution in [2.45, 2.75) is 31.7 Å². The van der Waals surface area contributed by atoms with E-state index in [1.807, 2.05) is 0 Å². The van der Waals surface area contributed by atoms with Crippen molar-refractivity contribution in [3.8, 4) is 0 Å². The molecule has 1 aromatic rings. The molecule has 100 valence electrons. The van der Waals surface area contributed by atoms with E-state index in [0.29, 0.717) is 6.04 Å². The van der Waals surface area contributed by atoms with Crippen molar-refractivity contribution in [1.82, 2.24) is 4.90 Å². The Balaban J connectivity index is 1.79. The first-order chi connectivity index (χ1) is 8.66. The number of anilines is 1. The minimum atomic E-state index is -0.366. The summed E-state index contributed by atoms with van der Waals surface area (Å²) in [5.74, 6) is -0.366. The second kappa shape index (κ2) is 6.39. The molecule has 0 amide bonds. The summed E-state index contributed by atoms with van der Waals surface area (Å²) in [5.41, 5.74) is 0.889. The van der Waals surface area contributed by atoms with Crippen LogP contribution in [-0.4, -0.2) is 31.1 Å². The Labute approximate surface area is 113 Å². The van der Waals surface area contributed by atoms with Gasteiger partial charge in [-0.2, -0.15) is 0 Å². The smallest absolute Gasteiger partial charge is 0.141 e. The van der Waals surface area contributed by atoms with E-state index in [4.69, 9.17) is 11.6 Å². The van der Waals surface area contributed by atoms with Crippen LogP contribution in [0.4, 0.5) is 10.1 Å². The summed E-state index contributed by atoms with van der Waals surface area (Å²) in [6.07, 6.45) is 5.04. The lowest BCUT2D eigenvalue weighted by atomic mass is 10.0. The number of nitrogens with zero attached hydrogens (tertiary/aromatic N) is 1. The summed E-state index contributed by atoms with van der Waals surface area (Å²) < 4.78 is 13.0. The van der Waals surface area contributed by atoms with Gasteiger partial charge in [-0.05, 0) is 51.1 Å².